The van der Waals surface area contributed by atoms with Gasteiger partial charge in [0.05, 0.1) is 18.8 Å². The highest BCUT2D eigenvalue weighted by Gasteiger charge is 2.27. The van der Waals surface area contributed by atoms with Gasteiger partial charge in [-0.25, -0.2) is 8.78 Å². The van der Waals surface area contributed by atoms with E-state index in [-0.39, 0.29) is 17.6 Å². The maximum absolute atomic E-state index is 13.9. The van der Waals surface area contributed by atoms with E-state index in [2.05, 4.69) is 6.92 Å². The SMILES string of the molecule is CC1CCC(CCC2COC(c3cc(F)c(C=C(F)F)c(F)c3)OC2)CC1. The zero-order chi connectivity index (χ0) is 19.4. The molecule has 1 aromatic rings. The van der Waals surface area contributed by atoms with Crippen molar-refractivity contribution >= 4 is 6.08 Å². The van der Waals surface area contributed by atoms with Crippen LogP contribution in [0.3, 0.4) is 0 Å². The molecule has 0 spiro atoms. The Morgan fingerprint density at radius 2 is 1.52 bits per heavy atom. The third-order valence-electron chi connectivity index (χ3n) is 5.71. The average Bonchev–Trinajstić information content (AvgIpc) is 2.64. The van der Waals surface area contributed by atoms with E-state index in [1.54, 1.807) is 0 Å². The van der Waals surface area contributed by atoms with Gasteiger partial charge in [-0.3, -0.25) is 0 Å². The summed E-state index contributed by atoms with van der Waals surface area (Å²) in [6, 6.07) is 1.98. The fourth-order valence-electron chi connectivity index (χ4n) is 3.98. The molecule has 0 aromatic heterocycles. The van der Waals surface area contributed by atoms with Gasteiger partial charge in [-0.2, -0.15) is 8.78 Å². The van der Waals surface area contributed by atoms with Crippen molar-refractivity contribution in [1.82, 2.24) is 0 Å². The molecule has 27 heavy (non-hydrogen) atoms. The van der Waals surface area contributed by atoms with Crippen molar-refractivity contribution in [3.63, 3.8) is 0 Å². The first kappa shape index (κ1) is 20.3. The fourth-order valence-corrected chi connectivity index (χ4v) is 3.98. The van der Waals surface area contributed by atoms with E-state index >= 15 is 0 Å². The summed E-state index contributed by atoms with van der Waals surface area (Å²) in [5.41, 5.74) is -0.588. The van der Waals surface area contributed by atoms with Gasteiger partial charge < -0.3 is 9.47 Å². The van der Waals surface area contributed by atoms with Gasteiger partial charge in [0, 0.05) is 17.6 Å². The standard InChI is InChI=1S/C21H26F4O2/c1-13-2-4-14(5-3-13)6-7-15-11-26-21(27-12-15)16-8-18(22)17(10-20(24)25)19(23)9-16/h8-10,13-15,21H,2-7,11-12H2,1H3. The third-order valence-corrected chi connectivity index (χ3v) is 5.71. The molecule has 1 saturated heterocycles. The molecule has 0 radical (unpaired) electrons. The first-order valence-electron chi connectivity index (χ1n) is 9.67. The molecule has 1 aliphatic carbocycles. The van der Waals surface area contributed by atoms with E-state index in [4.69, 9.17) is 9.47 Å². The van der Waals surface area contributed by atoms with Crippen molar-refractivity contribution in [2.24, 2.45) is 17.8 Å². The normalized spacial score (nSPS) is 28.8. The number of halogens is 4. The van der Waals surface area contributed by atoms with E-state index in [1.807, 2.05) is 0 Å². The predicted molar refractivity (Wildman–Crippen MR) is 95.0 cm³/mol. The van der Waals surface area contributed by atoms with Crippen LogP contribution >= 0.6 is 0 Å². The summed E-state index contributed by atoms with van der Waals surface area (Å²) in [6.07, 6.45) is 4.53. The van der Waals surface area contributed by atoms with Crippen molar-refractivity contribution in [3.05, 3.63) is 41.0 Å². The Balaban J connectivity index is 1.51. The molecule has 2 aliphatic rings. The Morgan fingerprint density at radius 1 is 0.963 bits per heavy atom. The number of hydrogen-bond donors (Lipinski definition) is 0. The first-order chi connectivity index (χ1) is 12.9. The van der Waals surface area contributed by atoms with Crippen LogP contribution in [-0.4, -0.2) is 13.2 Å². The Morgan fingerprint density at radius 3 is 2.07 bits per heavy atom. The fraction of sp³-hybridized carbons (Fsp3) is 0.619. The summed E-state index contributed by atoms with van der Waals surface area (Å²) in [4.78, 5) is 0. The molecule has 0 atom stereocenters. The monoisotopic (exact) mass is 386 g/mol. The Kier molecular flexibility index (Phi) is 6.93. The van der Waals surface area contributed by atoms with Crippen molar-refractivity contribution in [3.8, 4) is 0 Å². The highest BCUT2D eigenvalue weighted by molar-refractivity contribution is 5.52. The van der Waals surface area contributed by atoms with Crippen LogP contribution in [0.15, 0.2) is 18.2 Å². The van der Waals surface area contributed by atoms with E-state index in [0.29, 0.717) is 13.2 Å². The summed E-state index contributed by atoms with van der Waals surface area (Å²) in [6.45, 7) is 3.25. The van der Waals surface area contributed by atoms with Crippen molar-refractivity contribution < 1.29 is 27.0 Å². The van der Waals surface area contributed by atoms with Crippen LogP contribution < -0.4 is 0 Å². The summed E-state index contributed by atoms with van der Waals surface area (Å²) in [5.74, 6) is -0.221. The minimum Gasteiger partial charge on any atom is -0.348 e. The molecular formula is C21H26F4O2. The predicted octanol–water partition coefficient (Wildman–Crippen LogP) is 6.47. The molecule has 0 unspecified atom stereocenters. The molecule has 1 aliphatic heterocycles. The second-order valence-electron chi connectivity index (χ2n) is 7.90. The van der Waals surface area contributed by atoms with Crippen LogP contribution in [-0.2, 0) is 9.47 Å². The van der Waals surface area contributed by atoms with Crippen LogP contribution in [0.1, 0.15) is 62.9 Å². The van der Waals surface area contributed by atoms with Crippen LogP contribution in [0.2, 0.25) is 0 Å². The molecule has 1 aromatic carbocycles. The lowest BCUT2D eigenvalue weighted by atomic mass is 9.80. The number of hydrogen-bond acceptors (Lipinski definition) is 2. The van der Waals surface area contributed by atoms with Gasteiger partial charge in [-0.1, -0.05) is 39.0 Å². The molecule has 1 saturated carbocycles. The van der Waals surface area contributed by atoms with Gasteiger partial charge in [0.25, 0.3) is 6.08 Å². The topological polar surface area (TPSA) is 18.5 Å². The smallest absolute Gasteiger partial charge is 0.271 e. The third kappa shape index (κ3) is 5.55. The van der Waals surface area contributed by atoms with E-state index in [1.165, 1.54) is 25.7 Å². The lowest BCUT2D eigenvalue weighted by molar-refractivity contribution is -0.206. The van der Waals surface area contributed by atoms with Crippen molar-refractivity contribution in [1.29, 1.82) is 0 Å². The number of ether oxygens (including phenoxy) is 2. The van der Waals surface area contributed by atoms with E-state index < -0.39 is 29.6 Å². The first-order valence-corrected chi connectivity index (χ1v) is 9.67. The highest BCUT2D eigenvalue weighted by atomic mass is 19.3. The maximum atomic E-state index is 13.9. The highest BCUT2D eigenvalue weighted by Crippen LogP contribution is 2.34. The van der Waals surface area contributed by atoms with Crippen LogP contribution in [0.4, 0.5) is 17.6 Å². The zero-order valence-corrected chi connectivity index (χ0v) is 15.5. The quantitative estimate of drug-likeness (QED) is 0.540. The minimum atomic E-state index is -2.15. The molecule has 6 heteroatoms. The van der Waals surface area contributed by atoms with Gasteiger partial charge in [0.1, 0.15) is 11.6 Å². The lowest BCUT2D eigenvalue weighted by Gasteiger charge is -2.32. The molecule has 3 rings (SSSR count). The molecule has 2 nitrogen and oxygen atoms in total. The lowest BCUT2D eigenvalue weighted by Crippen LogP contribution is -2.28. The summed E-state index contributed by atoms with van der Waals surface area (Å²) < 4.78 is 63.7. The van der Waals surface area contributed by atoms with Gasteiger partial charge in [0.2, 0.25) is 0 Å². The Bertz CT molecular complexity index is 633. The minimum absolute atomic E-state index is 0.168. The molecule has 150 valence electrons. The summed E-state index contributed by atoms with van der Waals surface area (Å²) in [5, 5.41) is 0. The second-order valence-corrected chi connectivity index (χ2v) is 7.90. The Labute approximate surface area is 157 Å². The van der Waals surface area contributed by atoms with E-state index in [0.717, 1.165) is 36.8 Å². The molecule has 2 fully saturated rings. The largest absolute Gasteiger partial charge is 0.348 e. The second kappa shape index (κ2) is 9.20. The van der Waals surface area contributed by atoms with Gasteiger partial charge in [-0.15, -0.1) is 0 Å². The van der Waals surface area contributed by atoms with Crippen LogP contribution in [0, 0.1) is 29.4 Å². The van der Waals surface area contributed by atoms with Crippen molar-refractivity contribution in [2.45, 2.75) is 51.7 Å². The van der Waals surface area contributed by atoms with Gasteiger partial charge in [-0.05, 0) is 30.4 Å². The molecule has 1 heterocycles. The van der Waals surface area contributed by atoms with Crippen LogP contribution in [0.5, 0.6) is 0 Å². The molecule has 0 amide bonds. The summed E-state index contributed by atoms with van der Waals surface area (Å²) >= 11 is 0. The van der Waals surface area contributed by atoms with Gasteiger partial charge in [0.15, 0.2) is 6.29 Å². The molecular weight excluding hydrogens is 360 g/mol. The average molecular weight is 386 g/mol. The summed E-state index contributed by atoms with van der Waals surface area (Å²) in [7, 11) is 0. The number of rotatable bonds is 5. The molecule has 0 bridgehead atoms. The number of benzene rings is 1. The van der Waals surface area contributed by atoms with E-state index in [9.17, 15) is 17.6 Å². The van der Waals surface area contributed by atoms with Crippen molar-refractivity contribution in [2.75, 3.05) is 13.2 Å². The van der Waals surface area contributed by atoms with Gasteiger partial charge >= 0.3 is 0 Å². The maximum Gasteiger partial charge on any atom is 0.271 e. The Hall–Kier alpha value is -1.40. The zero-order valence-electron chi connectivity index (χ0n) is 15.5. The van der Waals surface area contributed by atoms with Crippen LogP contribution in [0.25, 0.3) is 6.08 Å². The molecule has 0 N–H and O–H groups in total.